The lowest BCUT2D eigenvalue weighted by Gasteiger charge is -2.36. The van der Waals surface area contributed by atoms with Gasteiger partial charge in [-0.1, -0.05) is 92.7 Å². The van der Waals surface area contributed by atoms with E-state index < -0.39 is 42.1 Å². The van der Waals surface area contributed by atoms with Gasteiger partial charge in [-0.05, 0) is 51.9 Å². The number of carbonyl (C=O) groups excluding carboxylic acids is 4. The molecule has 0 saturated carbocycles. The van der Waals surface area contributed by atoms with Gasteiger partial charge in [-0.2, -0.15) is 0 Å². The molecule has 15 nitrogen and oxygen atoms in total. The van der Waals surface area contributed by atoms with Crippen molar-refractivity contribution in [2.24, 2.45) is 5.92 Å². The Bertz CT molecular complexity index is 2280. The third kappa shape index (κ3) is 11.9. The monoisotopic (exact) mass is 845 g/mol. The average Bonchev–Trinajstić information content (AvgIpc) is 3.98. The van der Waals surface area contributed by atoms with Gasteiger partial charge in [-0.15, -0.1) is 0 Å². The van der Waals surface area contributed by atoms with Gasteiger partial charge >= 0.3 is 6.09 Å². The van der Waals surface area contributed by atoms with Gasteiger partial charge in [0.1, 0.15) is 18.7 Å². The lowest BCUT2D eigenvalue weighted by atomic mass is 9.96. The van der Waals surface area contributed by atoms with E-state index in [0.29, 0.717) is 44.8 Å². The molecule has 1 aromatic heterocycles. The van der Waals surface area contributed by atoms with E-state index in [9.17, 15) is 24.3 Å². The van der Waals surface area contributed by atoms with E-state index in [1.807, 2.05) is 105 Å². The zero-order valence-electron chi connectivity index (χ0n) is 35.1. The zero-order valence-corrected chi connectivity index (χ0v) is 35.1. The lowest BCUT2D eigenvalue weighted by molar-refractivity contribution is -0.136. The minimum atomic E-state index is -1.19. The fourth-order valence-corrected chi connectivity index (χ4v) is 7.91. The quantitative estimate of drug-likeness (QED) is 0.0842. The van der Waals surface area contributed by atoms with Crippen LogP contribution in [0.2, 0.25) is 0 Å². The van der Waals surface area contributed by atoms with Crippen molar-refractivity contribution < 1.29 is 38.5 Å². The summed E-state index contributed by atoms with van der Waals surface area (Å²) in [6, 6.07) is 25.6. The summed E-state index contributed by atoms with van der Waals surface area (Å²) in [5, 5.41) is 22.1. The lowest BCUT2D eigenvalue weighted by Crippen LogP contribution is -2.57. The molecule has 0 spiro atoms. The predicted molar refractivity (Wildman–Crippen MR) is 232 cm³/mol. The number of hydrogen-bond donors (Lipinski definition) is 5. The molecule has 4 amide bonds. The number of aliphatic hydroxyl groups excluding tert-OH is 1. The van der Waals surface area contributed by atoms with Crippen LogP contribution in [0.4, 0.5) is 4.79 Å². The van der Waals surface area contributed by atoms with Crippen LogP contribution in [0.5, 0.6) is 11.5 Å². The fourth-order valence-electron chi connectivity index (χ4n) is 7.91. The summed E-state index contributed by atoms with van der Waals surface area (Å²) in [6.07, 6.45) is 1.41. The number of hydrogen-bond acceptors (Lipinski definition) is 10. The Kier molecular flexibility index (Phi) is 14.7. The number of nitrogens with one attached hydrogen (secondary N) is 4. The average molecular weight is 846 g/mol. The number of piperazine rings is 1. The van der Waals surface area contributed by atoms with Crippen LogP contribution in [0.15, 0.2) is 104 Å². The van der Waals surface area contributed by atoms with Crippen molar-refractivity contribution in [2.45, 2.75) is 76.9 Å². The minimum Gasteiger partial charge on any atom is -0.454 e. The van der Waals surface area contributed by atoms with Crippen LogP contribution in [0, 0.1) is 5.92 Å². The largest absolute Gasteiger partial charge is 0.454 e. The molecule has 5 N–H and O–H groups in total. The van der Waals surface area contributed by atoms with E-state index >= 15 is 0 Å². The van der Waals surface area contributed by atoms with Gasteiger partial charge in [-0.25, -0.2) is 9.78 Å². The topological polar surface area (TPSA) is 187 Å². The van der Waals surface area contributed by atoms with Gasteiger partial charge in [0.15, 0.2) is 11.5 Å². The van der Waals surface area contributed by atoms with Crippen molar-refractivity contribution in [3.63, 3.8) is 0 Å². The SMILES string of the molecule is CC(C)C[C@H](NC(=O)[C@H](Cc1cnc[nH]1)NC(=O)[C@H](Cc1cccc2ccccc12)NC(=O)OCc1ccccc1)[C@@H](O)CC(=O)N1CCN(Cc2ccc3c(c2)OCO3)CC1. The van der Waals surface area contributed by atoms with Crippen molar-refractivity contribution in [1.29, 1.82) is 0 Å². The summed E-state index contributed by atoms with van der Waals surface area (Å²) in [5.41, 5.74) is 3.28. The third-order valence-corrected chi connectivity index (χ3v) is 11.2. The number of rotatable bonds is 18. The summed E-state index contributed by atoms with van der Waals surface area (Å²) in [5.74, 6) is 0.160. The number of H-pyrrole nitrogens is 1. The molecule has 3 heterocycles. The Morgan fingerprint density at radius 3 is 2.31 bits per heavy atom. The Hall–Kier alpha value is -6.45. The molecule has 5 aromatic rings. The van der Waals surface area contributed by atoms with Gasteiger partial charge in [0, 0.05) is 57.5 Å². The van der Waals surface area contributed by atoms with E-state index in [1.165, 1.54) is 6.33 Å². The van der Waals surface area contributed by atoms with Gasteiger partial charge in [0.05, 0.1) is 24.9 Å². The first-order valence-corrected chi connectivity index (χ1v) is 21.2. The van der Waals surface area contributed by atoms with Gasteiger partial charge < -0.3 is 45.2 Å². The van der Waals surface area contributed by atoms with E-state index in [2.05, 4.69) is 30.8 Å². The fraction of sp³-hybridized carbons (Fsp3) is 0.383. The number of alkyl carbamates (subject to hydrolysis) is 1. The van der Waals surface area contributed by atoms with Gasteiger partial charge in [0.25, 0.3) is 0 Å². The number of imidazole rings is 1. The highest BCUT2D eigenvalue weighted by atomic mass is 16.7. The van der Waals surface area contributed by atoms with Crippen LogP contribution in [-0.4, -0.2) is 106 Å². The number of aliphatic hydroxyl groups is 1. The smallest absolute Gasteiger partial charge is 0.408 e. The molecule has 7 rings (SSSR count). The van der Waals surface area contributed by atoms with Crippen LogP contribution in [-0.2, 0) is 45.1 Å². The molecule has 0 bridgehead atoms. The zero-order chi connectivity index (χ0) is 43.4. The molecular weight excluding hydrogens is 791 g/mol. The first-order chi connectivity index (χ1) is 30.1. The maximum absolute atomic E-state index is 14.3. The number of amides is 4. The molecule has 1 saturated heterocycles. The number of ether oxygens (including phenoxy) is 3. The number of fused-ring (bicyclic) bond motifs is 2. The molecule has 4 aromatic carbocycles. The standard InChI is InChI=1S/C47H55N7O8/c1-31(2)21-38(41(55)25-44(56)54-19-17-53(18-20-54)27-33-15-16-42-43(22-33)62-30-61-42)50-46(58)40(24-36-26-48-29-49-36)51-45(57)39(52-47(59)60-28-32-9-4-3-5-10-32)23-35-13-8-12-34-11-6-7-14-37(34)35/h3-16,22,26,29,31,38-41,55H,17-21,23-25,27-28,30H2,1-2H3,(H,48,49)(H,50,58)(H,51,57)(H,52,59)/t38-,39-,40-,41-/m0/s1. The number of aromatic amines is 1. The molecule has 0 aliphatic carbocycles. The van der Waals surface area contributed by atoms with Crippen molar-refractivity contribution in [3.8, 4) is 11.5 Å². The number of aromatic nitrogens is 2. The highest BCUT2D eigenvalue weighted by molar-refractivity contribution is 5.93. The summed E-state index contributed by atoms with van der Waals surface area (Å²) in [7, 11) is 0. The summed E-state index contributed by atoms with van der Waals surface area (Å²) in [4.78, 5) is 66.5. The Balaban J connectivity index is 1.01. The third-order valence-electron chi connectivity index (χ3n) is 11.2. The Morgan fingerprint density at radius 1 is 0.806 bits per heavy atom. The molecule has 2 aliphatic rings. The van der Waals surface area contributed by atoms with Crippen molar-refractivity contribution >= 4 is 34.6 Å². The molecule has 0 radical (unpaired) electrons. The van der Waals surface area contributed by atoms with E-state index in [4.69, 9.17) is 14.2 Å². The molecule has 326 valence electrons. The molecule has 15 heteroatoms. The van der Waals surface area contributed by atoms with Crippen LogP contribution in [0.1, 0.15) is 49.1 Å². The Labute approximate surface area is 361 Å². The maximum Gasteiger partial charge on any atom is 0.408 e. The number of carbonyl (C=O) groups is 4. The minimum absolute atomic E-state index is 0.000680. The van der Waals surface area contributed by atoms with E-state index in [-0.39, 0.29) is 44.5 Å². The van der Waals surface area contributed by atoms with Gasteiger partial charge in [-0.3, -0.25) is 19.3 Å². The van der Waals surface area contributed by atoms with Crippen LogP contribution >= 0.6 is 0 Å². The second-order valence-corrected chi connectivity index (χ2v) is 16.3. The summed E-state index contributed by atoms with van der Waals surface area (Å²) in [6.45, 7) is 7.20. The predicted octanol–water partition coefficient (Wildman–Crippen LogP) is 4.48. The van der Waals surface area contributed by atoms with Crippen LogP contribution < -0.4 is 25.4 Å². The first kappa shape index (κ1) is 43.6. The van der Waals surface area contributed by atoms with Crippen molar-refractivity contribution in [2.75, 3.05) is 33.0 Å². The number of benzene rings is 4. The molecule has 0 unspecified atom stereocenters. The Morgan fingerprint density at radius 2 is 1.53 bits per heavy atom. The second-order valence-electron chi connectivity index (χ2n) is 16.3. The molecule has 62 heavy (non-hydrogen) atoms. The summed E-state index contributed by atoms with van der Waals surface area (Å²) >= 11 is 0. The van der Waals surface area contributed by atoms with E-state index in [0.717, 1.165) is 39.0 Å². The normalized spacial score (nSPS) is 15.7. The van der Waals surface area contributed by atoms with Crippen LogP contribution in [0.25, 0.3) is 10.8 Å². The van der Waals surface area contributed by atoms with E-state index in [1.54, 1.807) is 11.1 Å². The molecule has 1 fully saturated rings. The molecule has 2 aliphatic heterocycles. The molecule has 4 atom stereocenters. The van der Waals surface area contributed by atoms with Crippen LogP contribution in [0.3, 0.4) is 0 Å². The van der Waals surface area contributed by atoms with Gasteiger partial charge in [0.2, 0.25) is 24.5 Å². The highest BCUT2D eigenvalue weighted by Gasteiger charge is 2.33. The van der Waals surface area contributed by atoms with Crippen molar-refractivity contribution in [1.82, 2.24) is 35.7 Å². The first-order valence-electron chi connectivity index (χ1n) is 21.2. The number of nitrogens with zero attached hydrogens (tertiary/aromatic N) is 3. The molecular formula is C47H55N7O8. The second kappa shape index (κ2) is 20.9. The van der Waals surface area contributed by atoms with Crippen molar-refractivity contribution in [3.05, 3.63) is 126 Å². The maximum atomic E-state index is 14.3. The highest BCUT2D eigenvalue weighted by Crippen LogP contribution is 2.33. The summed E-state index contributed by atoms with van der Waals surface area (Å²) < 4.78 is 16.5.